The molecule has 1 saturated heterocycles. The lowest BCUT2D eigenvalue weighted by Gasteiger charge is -2.20. The van der Waals surface area contributed by atoms with Crippen molar-refractivity contribution in [2.24, 2.45) is 11.8 Å². The van der Waals surface area contributed by atoms with E-state index in [1.807, 2.05) is 4.90 Å². The highest BCUT2D eigenvalue weighted by molar-refractivity contribution is 5.94. The van der Waals surface area contributed by atoms with Crippen molar-refractivity contribution in [3.05, 3.63) is 11.6 Å². The van der Waals surface area contributed by atoms with Gasteiger partial charge in [0.1, 0.15) is 0 Å². The Balaban J connectivity index is 1.73. The average molecular weight is 207 g/mol. The number of carbonyl (C=O) groups is 1. The SMILES string of the molecule is O=C(C1=CC2CCC1C2)N1CC[C@H](O)C1. The van der Waals surface area contributed by atoms with Gasteiger partial charge in [0.15, 0.2) is 0 Å². The Hall–Kier alpha value is -0.830. The van der Waals surface area contributed by atoms with Crippen LogP contribution in [-0.4, -0.2) is 35.1 Å². The van der Waals surface area contributed by atoms with Crippen LogP contribution >= 0.6 is 0 Å². The molecule has 3 nitrogen and oxygen atoms in total. The molecule has 0 aromatic rings. The Morgan fingerprint density at radius 2 is 2.27 bits per heavy atom. The van der Waals surface area contributed by atoms with Gasteiger partial charge < -0.3 is 10.0 Å². The summed E-state index contributed by atoms with van der Waals surface area (Å²) in [6.07, 6.45) is 6.28. The summed E-state index contributed by atoms with van der Waals surface area (Å²) in [5.74, 6) is 1.39. The number of aliphatic hydroxyl groups is 1. The normalized spacial score (nSPS) is 38.6. The Bertz CT molecular complexity index is 324. The van der Waals surface area contributed by atoms with Gasteiger partial charge >= 0.3 is 0 Å². The molecule has 2 unspecified atom stereocenters. The van der Waals surface area contributed by atoms with Gasteiger partial charge in [-0.3, -0.25) is 4.79 Å². The molecule has 1 saturated carbocycles. The quantitative estimate of drug-likeness (QED) is 0.695. The molecule has 15 heavy (non-hydrogen) atoms. The first-order chi connectivity index (χ1) is 7.24. The molecule has 0 aromatic heterocycles. The number of amides is 1. The van der Waals surface area contributed by atoms with E-state index < -0.39 is 0 Å². The predicted molar refractivity (Wildman–Crippen MR) is 56.1 cm³/mol. The van der Waals surface area contributed by atoms with Gasteiger partial charge in [0, 0.05) is 18.7 Å². The highest BCUT2D eigenvalue weighted by atomic mass is 16.3. The summed E-state index contributed by atoms with van der Waals surface area (Å²) < 4.78 is 0. The van der Waals surface area contributed by atoms with Crippen molar-refractivity contribution < 1.29 is 9.90 Å². The molecular weight excluding hydrogens is 190 g/mol. The van der Waals surface area contributed by atoms with E-state index in [2.05, 4.69) is 6.08 Å². The lowest BCUT2D eigenvalue weighted by Crippen LogP contribution is -2.32. The van der Waals surface area contributed by atoms with E-state index in [9.17, 15) is 9.90 Å². The molecule has 0 radical (unpaired) electrons. The second-order valence-corrected chi connectivity index (χ2v) is 5.09. The summed E-state index contributed by atoms with van der Waals surface area (Å²) in [5, 5.41) is 9.41. The summed E-state index contributed by atoms with van der Waals surface area (Å²) in [5.41, 5.74) is 1.04. The minimum Gasteiger partial charge on any atom is -0.391 e. The minimum atomic E-state index is -0.298. The third-order valence-electron chi connectivity index (χ3n) is 4.03. The van der Waals surface area contributed by atoms with Crippen LogP contribution in [0.5, 0.6) is 0 Å². The zero-order valence-corrected chi connectivity index (χ0v) is 8.85. The van der Waals surface area contributed by atoms with Crippen molar-refractivity contribution in [3.63, 3.8) is 0 Å². The van der Waals surface area contributed by atoms with Gasteiger partial charge in [-0.15, -0.1) is 0 Å². The Morgan fingerprint density at radius 1 is 1.40 bits per heavy atom. The van der Waals surface area contributed by atoms with Crippen LogP contribution in [0.3, 0.4) is 0 Å². The van der Waals surface area contributed by atoms with Crippen molar-refractivity contribution in [1.29, 1.82) is 0 Å². The van der Waals surface area contributed by atoms with Crippen LogP contribution in [0.1, 0.15) is 25.7 Å². The predicted octanol–water partition coefficient (Wildman–Crippen LogP) is 0.936. The molecule has 2 bridgehead atoms. The van der Waals surface area contributed by atoms with Crippen LogP contribution in [0.25, 0.3) is 0 Å². The molecule has 1 heterocycles. The van der Waals surface area contributed by atoms with Crippen molar-refractivity contribution in [1.82, 2.24) is 4.90 Å². The first-order valence-electron chi connectivity index (χ1n) is 5.93. The van der Waals surface area contributed by atoms with Crippen LogP contribution in [0.15, 0.2) is 11.6 Å². The van der Waals surface area contributed by atoms with Crippen molar-refractivity contribution in [2.45, 2.75) is 31.8 Å². The highest BCUT2D eigenvalue weighted by Crippen LogP contribution is 2.44. The van der Waals surface area contributed by atoms with Gasteiger partial charge in [0.05, 0.1) is 6.10 Å². The molecule has 3 heteroatoms. The maximum atomic E-state index is 12.1. The molecule has 3 atom stereocenters. The Morgan fingerprint density at radius 3 is 2.80 bits per heavy atom. The van der Waals surface area contributed by atoms with Gasteiger partial charge in [-0.25, -0.2) is 0 Å². The van der Waals surface area contributed by atoms with E-state index in [0.717, 1.165) is 18.5 Å². The minimum absolute atomic E-state index is 0.193. The van der Waals surface area contributed by atoms with Gasteiger partial charge in [-0.05, 0) is 37.5 Å². The number of β-amino-alcohol motifs (C(OH)–C–C–N with tert-alkyl or cyclic N) is 1. The van der Waals surface area contributed by atoms with Crippen LogP contribution in [-0.2, 0) is 4.79 Å². The number of rotatable bonds is 1. The topological polar surface area (TPSA) is 40.5 Å². The van der Waals surface area contributed by atoms with Crippen LogP contribution in [0.2, 0.25) is 0 Å². The number of nitrogens with zero attached hydrogens (tertiary/aromatic N) is 1. The van der Waals surface area contributed by atoms with Crippen LogP contribution in [0, 0.1) is 11.8 Å². The average Bonchev–Trinajstić information content (AvgIpc) is 2.90. The number of aliphatic hydroxyl groups excluding tert-OH is 1. The van der Waals surface area contributed by atoms with Crippen LogP contribution < -0.4 is 0 Å². The molecule has 0 aromatic carbocycles. The molecule has 1 N–H and O–H groups in total. The van der Waals surface area contributed by atoms with Crippen molar-refractivity contribution in [3.8, 4) is 0 Å². The number of carbonyl (C=O) groups excluding carboxylic acids is 1. The lowest BCUT2D eigenvalue weighted by atomic mass is 9.97. The third-order valence-corrected chi connectivity index (χ3v) is 4.03. The summed E-state index contributed by atoms with van der Waals surface area (Å²) >= 11 is 0. The first kappa shape index (κ1) is 9.40. The van der Waals surface area contributed by atoms with E-state index in [-0.39, 0.29) is 12.0 Å². The zero-order valence-electron chi connectivity index (χ0n) is 8.85. The molecule has 82 valence electrons. The van der Waals surface area contributed by atoms with E-state index in [0.29, 0.717) is 18.4 Å². The van der Waals surface area contributed by atoms with Crippen LogP contribution in [0.4, 0.5) is 0 Å². The zero-order chi connectivity index (χ0) is 10.4. The molecule has 2 fully saturated rings. The van der Waals surface area contributed by atoms with Gasteiger partial charge in [-0.2, -0.15) is 0 Å². The fraction of sp³-hybridized carbons (Fsp3) is 0.750. The Kier molecular flexibility index (Phi) is 2.09. The number of likely N-dealkylation sites (tertiary alicyclic amines) is 1. The summed E-state index contributed by atoms with van der Waals surface area (Å²) in [4.78, 5) is 13.9. The van der Waals surface area contributed by atoms with E-state index in [1.165, 1.54) is 19.3 Å². The number of allylic oxidation sites excluding steroid dienone is 1. The van der Waals surface area contributed by atoms with Crippen molar-refractivity contribution >= 4 is 5.91 Å². The van der Waals surface area contributed by atoms with Gasteiger partial charge in [0.25, 0.3) is 0 Å². The third kappa shape index (κ3) is 1.49. The first-order valence-corrected chi connectivity index (χ1v) is 5.93. The maximum absolute atomic E-state index is 12.1. The second kappa shape index (κ2) is 3.34. The Labute approximate surface area is 89.8 Å². The molecule has 2 aliphatic carbocycles. The number of hydrogen-bond donors (Lipinski definition) is 1. The number of hydrogen-bond acceptors (Lipinski definition) is 2. The monoisotopic (exact) mass is 207 g/mol. The standard InChI is InChI=1S/C12H17NO2/c14-10-3-4-13(7-10)12(15)11-6-8-1-2-9(11)5-8/h6,8-10,14H,1-5,7H2/t8?,9?,10-/m0/s1. The number of fused-ring (bicyclic) bond motifs is 2. The highest BCUT2D eigenvalue weighted by Gasteiger charge is 2.38. The largest absolute Gasteiger partial charge is 0.391 e. The fourth-order valence-electron chi connectivity index (χ4n) is 3.20. The maximum Gasteiger partial charge on any atom is 0.249 e. The molecular formula is C12H17NO2. The molecule has 0 spiro atoms. The fourth-order valence-corrected chi connectivity index (χ4v) is 3.20. The summed E-state index contributed by atoms with van der Waals surface area (Å²) in [6.45, 7) is 1.27. The molecule has 1 amide bonds. The molecule has 1 aliphatic heterocycles. The summed E-state index contributed by atoms with van der Waals surface area (Å²) in [6, 6.07) is 0. The molecule has 3 aliphatic rings. The summed E-state index contributed by atoms with van der Waals surface area (Å²) in [7, 11) is 0. The lowest BCUT2D eigenvalue weighted by molar-refractivity contribution is -0.127. The second-order valence-electron chi connectivity index (χ2n) is 5.09. The van der Waals surface area contributed by atoms with E-state index >= 15 is 0 Å². The molecule has 3 rings (SSSR count). The van der Waals surface area contributed by atoms with E-state index in [1.54, 1.807) is 0 Å². The van der Waals surface area contributed by atoms with Gasteiger partial charge in [0.2, 0.25) is 5.91 Å². The van der Waals surface area contributed by atoms with Crippen molar-refractivity contribution in [2.75, 3.05) is 13.1 Å². The van der Waals surface area contributed by atoms with Gasteiger partial charge in [-0.1, -0.05) is 6.08 Å². The van der Waals surface area contributed by atoms with E-state index in [4.69, 9.17) is 0 Å². The smallest absolute Gasteiger partial charge is 0.249 e.